The third-order valence-corrected chi connectivity index (χ3v) is 11.8. The fourth-order valence-electron chi connectivity index (χ4n) is 8.36. The van der Waals surface area contributed by atoms with Crippen LogP contribution in [0.5, 0.6) is 0 Å². The highest BCUT2D eigenvalue weighted by Gasteiger charge is 2.67. The minimum absolute atomic E-state index is 0.0480. The Kier molecular flexibility index (Phi) is 10.5. The van der Waals surface area contributed by atoms with E-state index < -0.39 is 112 Å². The summed E-state index contributed by atoms with van der Waals surface area (Å²) in [5, 5.41) is 17.7. The molecule has 2 aliphatic rings. The molecule has 0 spiro atoms. The van der Waals surface area contributed by atoms with Crippen molar-refractivity contribution in [2.75, 3.05) is 11.0 Å². The van der Waals surface area contributed by atoms with Gasteiger partial charge in [0.1, 0.15) is 41.9 Å². The Balaban J connectivity index is 1.28. The number of alkyl halides is 6. The molecule has 2 aliphatic carbocycles. The van der Waals surface area contributed by atoms with Crippen LogP contribution in [-0.2, 0) is 40.3 Å². The first-order valence-electron chi connectivity index (χ1n) is 19.1. The second kappa shape index (κ2) is 15.6. The van der Waals surface area contributed by atoms with Gasteiger partial charge in [-0.15, -0.1) is 0 Å². The van der Waals surface area contributed by atoms with Gasteiger partial charge in [0.25, 0.3) is 24.3 Å². The molecule has 7 aromatic rings. The first kappa shape index (κ1) is 42.8. The van der Waals surface area contributed by atoms with Crippen LogP contribution in [0.2, 0.25) is 5.02 Å². The number of benzene rings is 3. The van der Waals surface area contributed by atoms with Crippen molar-refractivity contribution >= 4 is 55.2 Å². The van der Waals surface area contributed by atoms with E-state index in [1.165, 1.54) is 36.5 Å². The van der Waals surface area contributed by atoms with Crippen LogP contribution >= 0.6 is 11.6 Å². The number of carbonyl (C=O) groups is 1. The number of nitrogens with zero attached hydrogens (tertiary/aromatic N) is 8. The summed E-state index contributed by atoms with van der Waals surface area (Å²) < 4.78 is 146. The molecule has 2 N–H and O–H groups in total. The number of hydrogen-bond acceptors (Lipinski definition) is 9. The average Bonchev–Trinajstić information content (AvgIpc) is 3.74. The van der Waals surface area contributed by atoms with Crippen molar-refractivity contribution in [3.8, 4) is 16.9 Å². The Hall–Kier alpha value is -6.49. The highest BCUT2D eigenvalue weighted by molar-refractivity contribution is 7.92. The van der Waals surface area contributed by atoms with Gasteiger partial charge < -0.3 is 5.32 Å². The maximum atomic E-state index is 15.5. The smallest absolute Gasteiger partial charge is 0.293 e. The number of anilines is 1. The van der Waals surface area contributed by atoms with Crippen LogP contribution in [0.1, 0.15) is 53.1 Å². The molecule has 3 aromatic carbocycles. The first-order valence-corrected chi connectivity index (χ1v) is 21.4. The predicted octanol–water partition coefficient (Wildman–Crippen LogP) is 7.20. The van der Waals surface area contributed by atoms with Crippen molar-refractivity contribution < 1.29 is 48.3 Å². The molecule has 14 nitrogen and oxygen atoms in total. The van der Waals surface area contributed by atoms with Gasteiger partial charge in [-0.1, -0.05) is 17.7 Å². The molecule has 24 heteroatoms. The number of carbonyl (C=O) groups excluding carboxylic acids is 1. The Labute approximate surface area is 359 Å². The summed E-state index contributed by atoms with van der Waals surface area (Å²) in [5.74, 6) is -9.93. The van der Waals surface area contributed by atoms with E-state index in [1.807, 2.05) is 0 Å². The number of aromatic nitrogens is 8. The van der Waals surface area contributed by atoms with Crippen LogP contribution in [0.25, 0.3) is 38.8 Å². The van der Waals surface area contributed by atoms with Crippen molar-refractivity contribution in [1.82, 2.24) is 44.6 Å². The summed E-state index contributed by atoms with van der Waals surface area (Å²) >= 11 is 6.56. The summed E-state index contributed by atoms with van der Waals surface area (Å²) in [6.45, 7) is -2.23. The van der Waals surface area contributed by atoms with E-state index in [9.17, 15) is 39.6 Å². The maximum Gasteiger partial charge on any atom is 0.293 e. The first-order chi connectivity index (χ1) is 30.3. The zero-order valence-corrected chi connectivity index (χ0v) is 34.2. The lowest BCUT2D eigenvalue weighted by Gasteiger charge is -2.24. The third kappa shape index (κ3) is 7.68. The molecule has 0 radical (unpaired) electrons. The van der Waals surface area contributed by atoms with Crippen LogP contribution in [0.4, 0.5) is 40.9 Å². The summed E-state index contributed by atoms with van der Waals surface area (Å²) in [4.78, 5) is 33.9. The fraction of sp³-hybridized carbons (Fsp3) is 0.275. The molecule has 3 atom stereocenters. The molecule has 1 fully saturated rings. The van der Waals surface area contributed by atoms with E-state index in [1.54, 1.807) is 12.1 Å². The average molecular weight is 933 g/mol. The highest BCUT2D eigenvalue weighted by Crippen LogP contribution is 2.68. The van der Waals surface area contributed by atoms with Gasteiger partial charge >= 0.3 is 0 Å². The van der Waals surface area contributed by atoms with Gasteiger partial charge in [0.2, 0.25) is 15.9 Å². The molecule has 0 bridgehead atoms. The van der Waals surface area contributed by atoms with Crippen molar-refractivity contribution in [3.63, 3.8) is 0 Å². The van der Waals surface area contributed by atoms with E-state index in [4.69, 9.17) is 16.6 Å². The molecular weight excluding hydrogens is 904 g/mol. The number of sulfonamides is 1. The van der Waals surface area contributed by atoms with Crippen molar-refractivity contribution in [2.24, 2.45) is 5.92 Å². The molecule has 0 unspecified atom stereocenters. The summed E-state index contributed by atoms with van der Waals surface area (Å²) in [6.07, 6.45) is -4.81. The lowest BCUT2D eigenvalue weighted by atomic mass is 10.0. The van der Waals surface area contributed by atoms with Gasteiger partial charge in [0.05, 0.1) is 50.5 Å². The predicted molar refractivity (Wildman–Crippen MR) is 214 cm³/mol. The molecule has 0 aliphatic heterocycles. The topological polar surface area (TPSA) is 172 Å². The number of halogens is 9. The quantitative estimate of drug-likeness (QED) is 0.114. The number of nitrogens with one attached hydrogen (secondary N) is 2. The molecule has 1 saturated carbocycles. The highest BCUT2D eigenvalue weighted by atomic mass is 35.5. The second-order valence-corrected chi connectivity index (χ2v) is 17.5. The van der Waals surface area contributed by atoms with Gasteiger partial charge in [0.15, 0.2) is 5.82 Å². The monoisotopic (exact) mass is 932 g/mol. The summed E-state index contributed by atoms with van der Waals surface area (Å²) in [5.41, 5.74) is -3.10. The molecule has 0 saturated heterocycles. The lowest BCUT2D eigenvalue weighted by Crippen LogP contribution is -2.38. The molecule has 64 heavy (non-hydrogen) atoms. The van der Waals surface area contributed by atoms with Crippen LogP contribution < -0.4 is 15.6 Å². The van der Waals surface area contributed by atoms with Crippen molar-refractivity contribution in [3.05, 3.63) is 122 Å². The van der Waals surface area contributed by atoms with Gasteiger partial charge in [-0.2, -0.15) is 29.2 Å². The largest absolute Gasteiger partial charge is 0.344 e. The zero-order chi connectivity index (χ0) is 45.6. The number of amides is 1. The normalized spacial score (nSPS) is 17.0. The number of hydrogen-bond donors (Lipinski definition) is 2. The Morgan fingerprint density at radius 2 is 1.75 bits per heavy atom. The van der Waals surface area contributed by atoms with Gasteiger partial charge in [-0.3, -0.25) is 28.2 Å². The molecule has 1 amide bonds. The SMILES string of the molecule is CS(=O)(=O)Nc1nn(CC(F)F)c2c(-n3c([C@H](Cc4cc(F)cc(F)c4)NC(=O)Cn4nc(C(F)F)c5c4C(F)(F)[C@@H]4C[C@H]54)nc4cc(-c5cccnn5)ccc4c3=O)ccc(Cl)c12. The number of fused-ring (bicyclic) bond motifs is 5. The van der Waals surface area contributed by atoms with Crippen LogP contribution in [-0.4, -0.2) is 66.3 Å². The van der Waals surface area contributed by atoms with E-state index >= 15 is 13.6 Å². The summed E-state index contributed by atoms with van der Waals surface area (Å²) in [6, 6.07) is 10.6. The van der Waals surface area contributed by atoms with Crippen molar-refractivity contribution in [2.45, 2.75) is 56.7 Å². The number of rotatable bonds is 13. The zero-order valence-electron chi connectivity index (χ0n) is 32.6. The molecule has 9 rings (SSSR count). The van der Waals surface area contributed by atoms with Crippen LogP contribution in [0, 0.1) is 17.6 Å². The van der Waals surface area contributed by atoms with Gasteiger partial charge in [0, 0.05) is 35.7 Å². The van der Waals surface area contributed by atoms with Gasteiger partial charge in [-0.25, -0.2) is 39.7 Å². The Morgan fingerprint density at radius 3 is 2.42 bits per heavy atom. The minimum atomic E-state index is -4.13. The Morgan fingerprint density at radius 1 is 1.00 bits per heavy atom. The van der Waals surface area contributed by atoms with Crippen LogP contribution in [0.3, 0.4) is 0 Å². The fourth-order valence-corrected chi connectivity index (χ4v) is 9.10. The van der Waals surface area contributed by atoms with E-state index in [-0.39, 0.29) is 50.1 Å². The molecular formula is C40H29ClF8N10O4S. The van der Waals surface area contributed by atoms with E-state index in [0.29, 0.717) is 26.7 Å². The van der Waals surface area contributed by atoms with E-state index in [0.717, 1.165) is 23.0 Å². The van der Waals surface area contributed by atoms with E-state index in [2.05, 4.69) is 30.4 Å². The summed E-state index contributed by atoms with van der Waals surface area (Å²) in [7, 11) is -4.13. The van der Waals surface area contributed by atoms with Crippen molar-refractivity contribution in [1.29, 1.82) is 0 Å². The minimum Gasteiger partial charge on any atom is -0.344 e. The maximum absolute atomic E-state index is 15.5. The Bertz CT molecular complexity index is 3200. The second-order valence-electron chi connectivity index (χ2n) is 15.3. The molecule has 4 aromatic heterocycles. The molecule has 4 heterocycles. The standard InChI is InChI=1S/C40H29ClF8N10O4S/c1-64(62,63)56-37-32-24(41)6-7-28(34(32)57(55-37)15-29(44)45)59-38(52-26-12-18(4-5-21(26)39(59)61)25-3-2-8-50-53-25)27(11-17-9-19(42)13-20(43)10-17)51-30(60)16-58-35-31(33(54-58)36(46)47)22-14-23(22)40(35,48)49/h2-10,12-13,22-23,27,29,36H,11,14-16H2,1H3,(H,51,60)(H,55,56)/t22-,23+,27-/m0/s1. The van der Waals surface area contributed by atoms with Gasteiger partial charge in [-0.05, 0) is 66.4 Å². The third-order valence-electron chi connectivity index (χ3n) is 10.9. The molecule has 332 valence electrons. The van der Waals surface area contributed by atoms with Crippen LogP contribution in [0.15, 0.2) is 71.7 Å². The lowest BCUT2D eigenvalue weighted by molar-refractivity contribution is -0.123.